The molecule has 1 amide bonds. The molecule has 1 saturated heterocycles. The quantitative estimate of drug-likeness (QED) is 0.905. The molecule has 0 saturated carbocycles. The van der Waals surface area contributed by atoms with E-state index in [1.54, 1.807) is 0 Å². The van der Waals surface area contributed by atoms with Gasteiger partial charge in [-0.3, -0.25) is 4.79 Å². The lowest BCUT2D eigenvalue weighted by Gasteiger charge is -2.28. The minimum absolute atomic E-state index is 0.0719. The standard InChI is InChI=1S/C19H21ClN2O2/c20-16-8-6-15(7-9-16)13-22(18-4-2-1-3-5-18)19(23)12-17-14-24-11-10-21-17/h1-9,17,21H,10-14H2. The summed E-state index contributed by atoms with van der Waals surface area (Å²) in [7, 11) is 0. The predicted molar refractivity (Wildman–Crippen MR) is 96.3 cm³/mol. The Hall–Kier alpha value is -1.88. The van der Waals surface area contributed by atoms with Crippen LogP contribution in [0, 0.1) is 0 Å². The Morgan fingerprint density at radius 2 is 1.92 bits per heavy atom. The molecule has 0 radical (unpaired) electrons. The van der Waals surface area contributed by atoms with Crippen molar-refractivity contribution in [2.24, 2.45) is 0 Å². The fourth-order valence-electron chi connectivity index (χ4n) is 2.78. The highest BCUT2D eigenvalue weighted by atomic mass is 35.5. The molecular formula is C19H21ClN2O2. The molecule has 4 nitrogen and oxygen atoms in total. The third-order valence-electron chi connectivity index (χ3n) is 4.04. The number of amides is 1. The number of carbonyl (C=O) groups is 1. The third kappa shape index (κ3) is 4.57. The van der Waals surface area contributed by atoms with E-state index in [1.165, 1.54) is 0 Å². The monoisotopic (exact) mass is 344 g/mol. The van der Waals surface area contributed by atoms with Crippen LogP contribution in [0.3, 0.4) is 0 Å². The first kappa shape index (κ1) is 17.0. The van der Waals surface area contributed by atoms with Gasteiger partial charge >= 0.3 is 0 Å². The van der Waals surface area contributed by atoms with Gasteiger partial charge in [0.15, 0.2) is 0 Å². The fraction of sp³-hybridized carbons (Fsp3) is 0.316. The summed E-state index contributed by atoms with van der Waals surface area (Å²) in [5.74, 6) is 0.0825. The zero-order chi connectivity index (χ0) is 16.8. The summed E-state index contributed by atoms with van der Waals surface area (Å²) >= 11 is 5.95. The van der Waals surface area contributed by atoms with Crippen molar-refractivity contribution in [1.29, 1.82) is 0 Å². The normalized spacial score (nSPS) is 17.5. The molecule has 1 aliphatic heterocycles. The van der Waals surface area contributed by atoms with E-state index in [0.717, 1.165) is 17.8 Å². The maximum atomic E-state index is 12.9. The highest BCUT2D eigenvalue weighted by Crippen LogP contribution is 2.20. The number of hydrogen-bond donors (Lipinski definition) is 1. The van der Waals surface area contributed by atoms with Crippen molar-refractivity contribution in [2.45, 2.75) is 19.0 Å². The topological polar surface area (TPSA) is 41.6 Å². The first-order chi connectivity index (χ1) is 11.7. The van der Waals surface area contributed by atoms with Crippen LogP contribution in [0.5, 0.6) is 0 Å². The number of anilines is 1. The Morgan fingerprint density at radius 3 is 2.58 bits per heavy atom. The van der Waals surface area contributed by atoms with Crippen LogP contribution in [0.25, 0.3) is 0 Å². The third-order valence-corrected chi connectivity index (χ3v) is 4.29. The molecule has 1 fully saturated rings. The van der Waals surface area contributed by atoms with Gasteiger partial charge in [0, 0.05) is 29.7 Å². The van der Waals surface area contributed by atoms with E-state index < -0.39 is 0 Å². The maximum absolute atomic E-state index is 12.9. The van der Waals surface area contributed by atoms with Gasteiger partial charge < -0.3 is 15.0 Å². The lowest BCUT2D eigenvalue weighted by atomic mass is 10.1. The van der Waals surface area contributed by atoms with E-state index >= 15 is 0 Å². The van der Waals surface area contributed by atoms with E-state index in [2.05, 4.69) is 5.32 Å². The summed E-state index contributed by atoms with van der Waals surface area (Å²) in [6, 6.07) is 17.4. The van der Waals surface area contributed by atoms with Gasteiger partial charge in [-0.25, -0.2) is 0 Å². The first-order valence-corrected chi connectivity index (χ1v) is 8.51. The minimum Gasteiger partial charge on any atom is -0.378 e. The van der Waals surface area contributed by atoms with Crippen LogP contribution in [0.2, 0.25) is 5.02 Å². The van der Waals surface area contributed by atoms with E-state index in [0.29, 0.717) is 31.2 Å². The smallest absolute Gasteiger partial charge is 0.228 e. The maximum Gasteiger partial charge on any atom is 0.228 e. The van der Waals surface area contributed by atoms with Crippen LogP contribution >= 0.6 is 11.6 Å². The second-order valence-corrected chi connectivity index (χ2v) is 6.31. The average molecular weight is 345 g/mol. The molecule has 24 heavy (non-hydrogen) atoms. The number of para-hydroxylation sites is 1. The van der Waals surface area contributed by atoms with Gasteiger partial charge in [0.25, 0.3) is 0 Å². The SMILES string of the molecule is O=C(CC1COCCN1)N(Cc1ccc(Cl)cc1)c1ccccc1. The molecule has 126 valence electrons. The Kier molecular flexibility index (Phi) is 5.86. The Labute approximate surface area is 147 Å². The molecule has 1 atom stereocenters. The molecule has 1 N–H and O–H groups in total. The molecule has 0 aromatic heterocycles. The predicted octanol–water partition coefficient (Wildman–Crippen LogP) is 3.25. The molecule has 1 heterocycles. The molecule has 0 bridgehead atoms. The van der Waals surface area contributed by atoms with Gasteiger partial charge in [0.1, 0.15) is 0 Å². The van der Waals surface area contributed by atoms with Crippen LogP contribution in [0.1, 0.15) is 12.0 Å². The molecule has 1 aliphatic rings. The first-order valence-electron chi connectivity index (χ1n) is 8.13. The lowest BCUT2D eigenvalue weighted by Crippen LogP contribution is -2.45. The number of nitrogens with zero attached hydrogens (tertiary/aromatic N) is 1. The Balaban J connectivity index is 1.76. The summed E-state index contributed by atoms with van der Waals surface area (Å²) < 4.78 is 5.45. The summed E-state index contributed by atoms with van der Waals surface area (Å²) in [5.41, 5.74) is 1.94. The van der Waals surface area contributed by atoms with Crippen molar-refractivity contribution >= 4 is 23.2 Å². The highest BCUT2D eigenvalue weighted by Gasteiger charge is 2.22. The van der Waals surface area contributed by atoms with E-state index in [1.807, 2.05) is 59.5 Å². The van der Waals surface area contributed by atoms with Crippen molar-refractivity contribution in [2.75, 3.05) is 24.7 Å². The number of benzene rings is 2. The Morgan fingerprint density at radius 1 is 1.17 bits per heavy atom. The van der Waals surface area contributed by atoms with Crippen LogP contribution in [-0.4, -0.2) is 31.7 Å². The highest BCUT2D eigenvalue weighted by molar-refractivity contribution is 6.30. The second-order valence-electron chi connectivity index (χ2n) is 5.87. The molecule has 0 spiro atoms. The van der Waals surface area contributed by atoms with Crippen LogP contribution in [0.4, 0.5) is 5.69 Å². The van der Waals surface area contributed by atoms with Crippen molar-refractivity contribution < 1.29 is 9.53 Å². The van der Waals surface area contributed by atoms with Gasteiger partial charge in [-0.05, 0) is 29.8 Å². The summed E-state index contributed by atoms with van der Waals surface area (Å²) in [4.78, 5) is 14.7. The van der Waals surface area contributed by atoms with Crippen molar-refractivity contribution in [3.63, 3.8) is 0 Å². The van der Waals surface area contributed by atoms with E-state index in [4.69, 9.17) is 16.3 Å². The number of morpholine rings is 1. The zero-order valence-corrected chi connectivity index (χ0v) is 14.2. The number of halogens is 1. The number of hydrogen-bond acceptors (Lipinski definition) is 3. The van der Waals surface area contributed by atoms with Gasteiger partial charge in [0.05, 0.1) is 19.8 Å². The number of rotatable bonds is 5. The molecule has 0 aliphatic carbocycles. The average Bonchev–Trinajstić information content (AvgIpc) is 2.63. The molecule has 2 aromatic rings. The number of nitrogens with one attached hydrogen (secondary N) is 1. The molecule has 5 heteroatoms. The summed E-state index contributed by atoms with van der Waals surface area (Å²) in [5, 5.41) is 4.03. The fourth-order valence-corrected chi connectivity index (χ4v) is 2.90. The van der Waals surface area contributed by atoms with Crippen LogP contribution < -0.4 is 10.2 Å². The zero-order valence-electron chi connectivity index (χ0n) is 13.5. The van der Waals surface area contributed by atoms with Crippen LogP contribution in [-0.2, 0) is 16.1 Å². The number of ether oxygens (including phenoxy) is 1. The van der Waals surface area contributed by atoms with Gasteiger partial charge in [-0.1, -0.05) is 41.9 Å². The second kappa shape index (κ2) is 8.29. The summed E-state index contributed by atoms with van der Waals surface area (Å²) in [6.07, 6.45) is 0.419. The lowest BCUT2D eigenvalue weighted by molar-refractivity contribution is -0.119. The van der Waals surface area contributed by atoms with Gasteiger partial charge in [-0.15, -0.1) is 0 Å². The van der Waals surface area contributed by atoms with E-state index in [-0.39, 0.29) is 11.9 Å². The van der Waals surface area contributed by atoms with Crippen molar-refractivity contribution in [3.8, 4) is 0 Å². The van der Waals surface area contributed by atoms with Gasteiger partial charge in [0.2, 0.25) is 5.91 Å². The Bertz CT molecular complexity index is 655. The summed E-state index contributed by atoms with van der Waals surface area (Å²) in [6.45, 7) is 2.60. The van der Waals surface area contributed by atoms with Crippen molar-refractivity contribution in [3.05, 3.63) is 65.2 Å². The molecular weight excluding hydrogens is 324 g/mol. The van der Waals surface area contributed by atoms with Crippen LogP contribution in [0.15, 0.2) is 54.6 Å². The molecule has 2 aromatic carbocycles. The minimum atomic E-state index is 0.0719. The number of carbonyl (C=O) groups excluding carboxylic acids is 1. The van der Waals surface area contributed by atoms with E-state index in [9.17, 15) is 4.79 Å². The largest absolute Gasteiger partial charge is 0.378 e. The van der Waals surface area contributed by atoms with Crippen molar-refractivity contribution in [1.82, 2.24) is 5.32 Å². The molecule has 3 rings (SSSR count). The van der Waals surface area contributed by atoms with Gasteiger partial charge in [-0.2, -0.15) is 0 Å². The molecule has 1 unspecified atom stereocenters.